The molecule has 0 bridgehead atoms. The quantitative estimate of drug-likeness (QED) is 0.369. The average Bonchev–Trinajstić information content (AvgIpc) is 3.36. The van der Waals surface area contributed by atoms with Gasteiger partial charge in [0.25, 0.3) is 0 Å². The van der Waals surface area contributed by atoms with E-state index in [4.69, 9.17) is 23.4 Å². The molecular weight excluding hydrogens is 436 g/mol. The van der Waals surface area contributed by atoms with Gasteiger partial charge in [-0.05, 0) is 47.5 Å². The molecule has 7 nitrogen and oxygen atoms in total. The van der Waals surface area contributed by atoms with Crippen molar-refractivity contribution in [1.82, 2.24) is 0 Å². The van der Waals surface area contributed by atoms with Crippen molar-refractivity contribution in [3.8, 4) is 11.5 Å². The molecule has 1 aromatic heterocycles. The zero-order chi connectivity index (χ0) is 24.4. The largest absolute Gasteiger partial charge is 0.491 e. The van der Waals surface area contributed by atoms with Crippen LogP contribution in [0.5, 0.6) is 11.5 Å². The van der Waals surface area contributed by atoms with Crippen LogP contribution < -0.4 is 9.47 Å². The van der Waals surface area contributed by atoms with Crippen molar-refractivity contribution < 1.29 is 33.6 Å². The Balaban J connectivity index is 1.48. The zero-order valence-electron chi connectivity index (χ0n) is 20.0. The van der Waals surface area contributed by atoms with Gasteiger partial charge in [-0.1, -0.05) is 38.1 Å². The maximum absolute atomic E-state index is 10.1. The highest BCUT2D eigenvalue weighted by atomic mass is 16.5. The minimum Gasteiger partial charge on any atom is -0.491 e. The van der Waals surface area contributed by atoms with E-state index < -0.39 is 12.2 Å². The molecule has 2 unspecified atom stereocenters. The molecule has 0 saturated heterocycles. The van der Waals surface area contributed by atoms with E-state index in [0.29, 0.717) is 18.1 Å². The summed E-state index contributed by atoms with van der Waals surface area (Å²) in [6.07, 6.45) is 0.199. The molecule has 0 amide bonds. The van der Waals surface area contributed by atoms with E-state index >= 15 is 0 Å². The Morgan fingerprint density at radius 2 is 1.29 bits per heavy atom. The fourth-order valence-electron chi connectivity index (χ4n) is 3.47. The molecule has 0 spiro atoms. The van der Waals surface area contributed by atoms with E-state index in [-0.39, 0.29) is 31.8 Å². The molecular formula is C27H34O7. The van der Waals surface area contributed by atoms with E-state index in [1.54, 1.807) is 19.4 Å². The van der Waals surface area contributed by atoms with Gasteiger partial charge in [-0.2, -0.15) is 0 Å². The van der Waals surface area contributed by atoms with Crippen LogP contribution >= 0.6 is 0 Å². The lowest BCUT2D eigenvalue weighted by Crippen LogP contribution is -2.23. The van der Waals surface area contributed by atoms with Gasteiger partial charge in [0.1, 0.15) is 49.3 Å². The van der Waals surface area contributed by atoms with Crippen LogP contribution in [0.2, 0.25) is 0 Å². The Labute approximate surface area is 200 Å². The molecule has 0 aliphatic rings. The molecule has 0 saturated carbocycles. The van der Waals surface area contributed by atoms with Gasteiger partial charge < -0.3 is 33.6 Å². The number of aliphatic hydroxyl groups excluding tert-OH is 2. The summed E-state index contributed by atoms with van der Waals surface area (Å²) >= 11 is 0. The standard InChI is InChI=1S/C27H34O7/c1-27(2,20-6-10-24(11-7-20)33-17-22(28)15-30-3)21-8-12-25(13-9-21)34-18-23(29)16-31-19-26-5-4-14-32-26/h4-14,22-23,28-29H,15-19H2,1-3H3. The highest BCUT2D eigenvalue weighted by Crippen LogP contribution is 2.33. The van der Waals surface area contributed by atoms with Crippen molar-refractivity contribution >= 4 is 0 Å². The van der Waals surface area contributed by atoms with Crippen LogP contribution in [-0.2, 0) is 21.5 Å². The minimum atomic E-state index is -0.734. The molecule has 0 aliphatic carbocycles. The fourth-order valence-corrected chi connectivity index (χ4v) is 3.47. The van der Waals surface area contributed by atoms with Gasteiger partial charge in [-0.25, -0.2) is 0 Å². The number of furan rings is 1. The van der Waals surface area contributed by atoms with Crippen LogP contribution in [0.4, 0.5) is 0 Å². The third-order valence-electron chi connectivity index (χ3n) is 5.53. The predicted octanol–water partition coefficient (Wildman–Crippen LogP) is 3.95. The number of methoxy groups -OCH3 is 1. The molecule has 0 radical (unpaired) electrons. The molecule has 1 heterocycles. The summed E-state index contributed by atoms with van der Waals surface area (Å²) in [6, 6.07) is 19.4. The maximum Gasteiger partial charge on any atom is 0.129 e. The molecule has 34 heavy (non-hydrogen) atoms. The number of rotatable bonds is 14. The summed E-state index contributed by atoms with van der Waals surface area (Å²) in [5.41, 5.74) is 2.03. The van der Waals surface area contributed by atoms with Gasteiger partial charge in [0.2, 0.25) is 0 Å². The third-order valence-corrected chi connectivity index (χ3v) is 5.53. The van der Waals surface area contributed by atoms with Crippen molar-refractivity contribution in [3.05, 3.63) is 83.8 Å². The number of aliphatic hydroxyl groups is 2. The van der Waals surface area contributed by atoms with E-state index in [1.165, 1.54) is 0 Å². The summed E-state index contributed by atoms with van der Waals surface area (Å²) in [7, 11) is 1.54. The summed E-state index contributed by atoms with van der Waals surface area (Å²) in [5.74, 6) is 2.10. The second kappa shape index (κ2) is 12.6. The minimum absolute atomic E-state index is 0.140. The molecule has 3 rings (SSSR count). The fraction of sp³-hybridized carbons (Fsp3) is 0.407. The van der Waals surface area contributed by atoms with Gasteiger partial charge in [0.05, 0.1) is 19.5 Å². The number of hydrogen-bond donors (Lipinski definition) is 2. The van der Waals surface area contributed by atoms with Crippen molar-refractivity contribution in [2.24, 2.45) is 0 Å². The molecule has 0 fully saturated rings. The molecule has 2 aromatic carbocycles. The highest BCUT2D eigenvalue weighted by Gasteiger charge is 2.23. The number of ether oxygens (including phenoxy) is 4. The highest BCUT2D eigenvalue weighted by molar-refractivity contribution is 5.41. The Bertz CT molecular complexity index is 950. The van der Waals surface area contributed by atoms with Crippen LogP contribution in [0.3, 0.4) is 0 Å². The van der Waals surface area contributed by atoms with Gasteiger partial charge in [0, 0.05) is 12.5 Å². The normalized spacial score (nSPS) is 13.4. The number of hydrogen-bond acceptors (Lipinski definition) is 7. The lowest BCUT2D eigenvalue weighted by Gasteiger charge is -2.26. The SMILES string of the molecule is COCC(O)COc1ccc(C(C)(C)c2ccc(OCC(O)COCc3ccco3)cc2)cc1. The smallest absolute Gasteiger partial charge is 0.129 e. The topological polar surface area (TPSA) is 90.5 Å². The van der Waals surface area contributed by atoms with E-state index in [1.807, 2.05) is 54.6 Å². The maximum atomic E-state index is 10.1. The Hall–Kier alpha value is -2.84. The van der Waals surface area contributed by atoms with Crippen LogP contribution in [0, 0.1) is 0 Å². The lowest BCUT2D eigenvalue weighted by atomic mass is 9.78. The second-order valence-corrected chi connectivity index (χ2v) is 8.65. The van der Waals surface area contributed by atoms with Gasteiger partial charge in [0.15, 0.2) is 0 Å². The molecule has 2 N–H and O–H groups in total. The summed E-state index contributed by atoms with van der Waals surface area (Å²) in [6.45, 7) is 5.35. The van der Waals surface area contributed by atoms with Crippen LogP contribution in [-0.4, -0.2) is 56.0 Å². The van der Waals surface area contributed by atoms with Crippen LogP contribution in [0.1, 0.15) is 30.7 Å². The third kappa shape index (κ3) is 7.60. The second-order valence-electron chi connectivity index (χ2n) is 8.65. The molecule has 3 aromatic rings. The molecule has 2 atom stereocenters. The van der Waals surface area contributed by atoms with Crippen molar-refractivity contribution in [2.75, 3.05) is 33.5 Å². The van der Waals surface area contributed by atoms with Crippen LogP contribution in [0.15, 0.2) is 71.3 Å². The molecule has 184 valence electrons. The van der Waals surface area contributed by atoms with Gasteiger partial charge >= 0.3 is 0 Å². The first-order valence-electron chi connectivity index (χ1n) is 11.3. The first-order chi connectivity index (χ1) is 16.4. The van der Waals surface area contributed by atoms with Crippen molar-refractivity contribution in [3.63, 3.8) is 0 Å². The Kier molecular flexibility index (Phi) is 9.53. The zero-order valence-corrected chi connectivity index (χ0v) is 20.0. The van der Waals surface area contributed by atoms with Gasteiger partial charge in [-0.15, -0.1) is 0 Å². The number of benzene rings is 2. The Morgan fingerprint density at radius 3 is 1.76 bits per heavy atom. The van der Waals surface area contributed by atoms with Crippen molar-refractivity contribution in [1.29, 1.82) is 0 Å². The van der Waals surface area contributed by atoms with Gasteiger partial charge in [-0.3, -0.25) is 0 Å². The first-order valence-corrected chi connectivity index (χ1v) is 11.3. The molecule has 7 heteroatoms. The lowest BCUT2D eigenvalue weighted by molar-refractivity contribution is 0.000875. The van der Waals surface area contributed by atoms with E-state index in [0.717, 1.165) is 16.9 Å². The van der Waals surface area contributed by atoms with E-state index in [9.17, 15) is 10.2 Å². The monoisotopic (exact) mass is 470 g/mol. The average molecular weight is 471 g/mol. The Morgan fingerprint density at radius 1 is 0.765 bits per heavy atom. The summed E-state index contributed by atoms with van der Waals surface area (Å²) in [5, 5.41) is 19.8. The van der Waals surface area contributed by atoms with Crippen molar-refractivity contribution in [2.45, 2.75) is 38.1 Å². The molecule has 0 aliphatic heterocycles. The van der Waals surface area contributed by atoms with Crippen LogP contribution in [0.25, 0.3) is 0 Å². The summed E-state index contributed by atoms with van der Waals surface area (Å²) in [4.78, 5) is 0. The predicted molar refractivity (Wildman–Crippen MR) is 128 cm³/mol. The summed E-state index contributed by atoms with van der Waals surface area (Å²) < 4.78 is 26.9. The first kappa shape index (κ1) is 25.8. The van der Waals surface area contributed by atoms with E-state index in [2.05, 4.69) is 13.8 Å².